The maximum Gasteiger partial charge on any atom is 0.130 e. The number of aromatic amines is 1. The minimum absolute atomic E-state index is 0.231. The fourth-order valence-corrected chi connectivity index (χ4v) is 1.91. The molecule has 0 saturated heterocycles. The first-order valence-electron chi connectivity index (χ1n) is 4.91. The molecule has 16 heavy (non-hydrogen) atoms. The summed E-state index contributed by atoms with van der Waals surface area (Å²) in [4.78, 5) is 7.22. The van der Waals surface area contributed by atoms with E-state index in [1.807, 2.05) is 13.8 Å². The van der Waals surface area contributed by atoms with Gasteiger partial charge in [-0.05, 0) is 43.7 Å². The molecule has 0 radical (unpaired) electrons. The van der Waals surface area contributed by atoms with Crippen molar-refractivity contribution in [1.29, 1.82) is 0 Å². The Hall–Kier alpha value is -1.55. The molecule has 1 heterocycles. The molecule has 0 atom stereocenters. The predicted octanol–water partition coefficient (Wildman–Crippen LogP) is 3.56. The molecule has 1 aromatic carbocycles. The fourth-order valence-electron chi connectivity index (χ4n) is 1.65. The van der Waals surface area contributed by atoms with Gasteiger partial charge in [-0.1, -0.05) is 12.2 Å². The van der Waals surface area contributed by atoms with Crippen LogP contribution in [0.2, 0.25) is 0 Å². The zero-order valence-electron chi connectivity index (χ0n) is 9.04. The van der Waals surface area contributed by atoms with Crippen LogP contribution < -0.4 is 0 Å². The van der Waals surface area contributed by atoms with Crippen LogP contribution in [0, 0.1) is 24.3 Å². The molecule has 4 heteroatoms. The van der Waals surface area contributed by atoms with E-state index in [2.05, 4.69) is 9.97 Å². The Morgan fingerprint density at radius 2 is 2.00 bits per heavy atom. The maximum absolute atomic E-state index is 13.0. The van der Waals surface area contributed by atoms with Gasteiger partial charge in [-0.3, -0.25) is 0 Å². The van der Waals surface area contributed by atoms with Crippen molar-refractivity contribution in [3.05, 3.63) is 46.1 Å². The van der Waals surface area contributed by atoms with Gasteiger partial charge in [0.05, 0.1) is 0 Å². The number of halogens is 1. The third kappa shape index (κ3) is 2.17. The highest BCUT2D eigenvalue weighted by Crippen LogP contribution is 2.22. The van der Waals surface area contributed by atoms with E-state index in [4.69, 9.17) is 12.2 Å². The largest absolute Gasteiger partial charge is 0.343 e. The quantitative estimate of drug-likeness (QED) is 0.764. The fraction of sp³-hybridized carbons (Fsp3) is 0.167. The number of aromatic nitrogens is 2. The van der Waals surface area contributed by atoms with Crippen molar-refractivity contribution in [2.45, 2.75) is 13.8 Å². The Balaban J connectivity index is 2.63. The summed E-state index contributed by atoms with van der Waals surface area (Å²) >= 11 is 5.05. The van der Waals surface area contributed by atoms with E-state index in [9.17, 15) is 4.39 Å². The van der Waals surface area contributed by atoms with Crippen LogP contribution in [0.1, 0.15) is 11.4 Å². The molecule has 2 rings (SSSR count). The molecule has 1 aromatic heterocycles. The summed E-state index contributed by atoms with van der Waals surface area (Å²) in [6, 6.07) is 6.46. The molecule has 0 bridgehead atoms. The summed E-state index contributed by atoms with van der Waals surface area (Å²) in [6.07, 6.45) is 0. The minimum atomic E-state index is -0.231. The van der Waals surface area contributed by atoms with Crippen LogP contribution in [0.3, 0.4) is 0 Å². The van der Waals surface area contributed by atoms with Gasteiger partial charge in [-0.25, -0.2) is 9.37 Å². The van der Waals surface area contributed by atoms with Crippen molar-refractivity contribution in [1.82, 2.24) is 9.97 Å². The van der Waals surface area contributed by atoms with Gasteiger partial charge >= 0.3 is 0 Å². The molecule has 0 aliphatic heterocycles. The maximum atomic E-state index is 13.0. The number of hydrogen-bond acceptors (Lipinski definition) is 2. The van der Waals surface area contributed by atoms with Gasteiger partial charge in [0.25, 0.3) is 0 Å². The van der Waals surface area contributed by atoms with Gasteiger partial charge in [-0.2, -0.15) is 0 Å². The lowest BCUT2D eigenvalue weighted by molar-refractivity contribution is 0.627. The third-order valence-electron chi connectivity index (χ3n) is 2.34. The summed E-state index contributed by atoms with van der Waals surface area (Å²) in [7, 11) is 0. The number of benzene rings is 1. The Labute approximate surface area is 98.2 Å². The van der Waals surface area contributed by atoms with Crippen molar-refractivity contribution in [2.75, 3.05) is 0 Å². The molecule has 0 fully saturated rings. The van der Waals surface area contributed by atoms with E-state index >= 15 is 0 Å². The lowest BCUT2D eigenvalue weighted by Crippen LogP contribution is -1.93. The van der Waals surface area contributed by atoms with Crippen LogP contribution in [-0.4, -0.2) is 9.97 Å². The highest BCUT2D eigenvalue weighted by atomic mass is 32.1. The van der Waals surface area contributed by atoms with Crippen LogP contribution >= 0.6 is 12.2 Å². The first-order valence-corrected chi connectivity index (χ1v) is 5.31. The zero-order valence-corrected chi connectivity index (χ0v) is 9.86. The topological polar surface area (TPSA) is 28.7 Å². The monoisotopic (exact) mass is 234 g/mol. The molecule has 0 unspecified atom stereocenters. The smallest absolute Gasteiger partial charge is 0.130 e. The molecule has 2 nitrogen and oxygen atoms in total. The highest BCUT2D eigenvalue weighted by molar-refractivity contribution is 7.71. The Bertz CT molecular complexity index is 590. The summed E-state index contributed by atoms with van der Waals surface area (Å²) in [5.74, 6) is 0.525. The molecular formula is C12H11FN2S. The SMILES string of the molecule is Cc1nc(=S)cc(-c2ccc(F)cc2C)[nH]1. The van der Waals surface area contributed by atoms with Crippen LogP contribution in [0.4, 0.5) is 4.39 Å². The summed E-state index contributed by atoms with van der Waals surface area (Å²) < 4.78 is 13.5. The standard InChI is InChI=1S/C12H11FN2S/c1-7-5-9(13)3-4-10(7)11-6-12(16)15-8(2)14-11/h3-6H,1-2H3,(H,14,15,16). The Morgan fingerprint density at radius 1 is 1.25 bits per heavy atom. The number of aryl methyl sites for hydroxylation is 2. The molecular weight excluding hydrogens is 223 g/mol. The van der Waals surface area contributed by atoms with Crippen LogP contribution in [0.5, 0.6) is 0 Å². The zero-order chi connectivity index (χ0) is 11.7. The first kappa shape index (κ1) is 11.0. The second-order valence-corrected chi connectivity index (χ2v) is 4.10. The number of H-pyrrole nitrogens is 1. The van der Waals surface area contributed by atoms with Crippen LogP contribution in [0.15, 0.2) is 24.3 Å². The second kappa shape index (κ2) is 4.14. The molecule has 0 spiro atoms. The van der Waals surface area contributed by atoms with Crippen molar-refractivity contribution in [3.8, 4) is 11.3 Å². The van der Waals surface area contributed by atoms with Crippen molar-refractivity contribution in [2.24, 2.45) is 0 Å². The average molecular weight is 234 g/mol. The van der Waals surface area contributed by atoms with Gasteiger partial charge in [0.1, 0.15) is 16.3 Å². The molecule has 0 amide bonds. The minimum Gasteiger partial charge on any atom is -0.343 e. The van der Waals surface area contributed by atoms with Gasteiger partial charge in [0, 0.05) is 11.3 Å². The van der Waals surface area contributed by atoms with Gasteiger partial charge < -0.3 is 4.98 Å². The molecule has 1 N–H and O–H groups in total. The highest BCUT2D eigenvalue weighted by Gasteiger charge is 2.04. The van der Waals surface area contributed by atoms with Crippen molar-refractivity contribution in [3.63, 3.8) is 0 Å². The van der Waals surface area contributed by atoms with Crippen LogP contribution in [-0.2, 0) is 0 Å². The van der Waals surface area contributed by atoms with E-state index in [0.717, 1.165) is 22.6 Å². The third-order valence-corrected chi connectivity index (χ3v) is 2.55. The van der Waals surface area contributed by atoms with Gasteiger partial charge in [-0.15, -0.1) is 0 Å². The van der Waals surface area contributed by atoms with E-state index in [1.54, 1.807) is 12.1 Å². The lowest BCUT2D eigenvalue weighted by Gasteiger charge is -2.07. The number of nitrogens with zero attached hydrogens (tertiary/aromatic N) is 1. The number of rotatable bonds is 1. The normalized spacial score (nSPS) is 10.4. The molecule has 0 aliphatic rings. The van der Waals surface area contributed by atoms with E-state index in [0.29, 0.717) is 4.64 Å². The van der Waals surface area contributed by atoms with E-state index in [1.165, 1.54) is 12.1 Å². The molecule has 0 saturated carbocycles. The van der Waals surface area contributed by atoms with Crippen LogP contribution in [0.25, 0.3) is 11.3 Å². The average Bonchev–Trinajstić information content (AvgIpc) is 2.15. The first-order chi connectivity index (χ1) is 7.56. The Kier molecular flexibility index (Phi) is 2.83. The van der Waals surface area contributed by atoms with E-state index < -0.39 is 0 Å². The Morgan fingerprint density at radius 3 is 2.62 bits per heavy atom. The summed E-state index contributed by atoms with van der Waals surface area (Å²) in [6.45, 7) is 3.71. The summed E-state index contributed by atoms with van der Waals surface area (Å²) in [5.41, 5.74) is 2.68. The van der Waals surface area contributed by atoms with Gasteiger partial charge in [0.15, 0.2) is 0 Å². The number of hydrogen-bond donors (Lipinski definition) is 1. The van der Waals surface area contributed by atoms with Crippen molar-refractivity contribution >= 4 is 12.2 Å². The lowest BCUT2D eigenvalue weighted by atomic mass is 10.1. The molecule has 2 aromatic rings. The van der Waals surface area contributed by atoms with Gasteiger partial charge in [0.2, 0.25) is 0 Å². The second-order valence-electron chi connectivity index (χ2n) is 3.68. The molecule has 82 valence electrons. The van der Waals surface area contributed by atoms with Crippen molar-refractivity contribution < 1.29 is 4.39 Å². The molecule has 0 aliphatic carbocycles. The summed E-state index contributed by atoms with van der Waals surface area (Å²) in [5, 5.41) is 0. The van der Waals surface area contributed by atoms with E-state index in [-0.39, 0.29) is 5.82 Å². The predicted molar refractivity (Wildman–Crippen MR) is 64.3 cm³/mol. The number of nitrogens with one attached hydrogen (secondary N) is 1.